The monoisotopic (exact) mass is 268 g/mol. The third-order valence-electron chi connectivity index (χ3n) is 2.78. The minimum absolute atomic E-state index is 0.0658. The van der Waals surface area contributed by atoms with Crippen molar-refractivity contribution in [3.8, 4) is 0 Å². The van der Waals surface area contributed by atoms with Gasteiger partial charge in [0.25, 0.3) is 0 Å². The number of aromatic nitrogens is 2. The first-order valence-corrected chi connectivity index (χ1v) is 6.84. The predicted octanol–water partition coefficient (Wildman–Crippen LogP) is 1.19. The lowest BCUT2D eigenvalue weighted by Crippen LogP contribution is -2.37. The van der Waals surface area contributed by atoms with E-state index in [0.29, 0.717) is 18.1 Å². The Morgan fingerprint density at radius 2 is 2.22 bits per heavy atom. The van der Waals surface area contributed by atoms with Gasteiger partial charge in [-0.15, -0.1) is 10.2 Å². The SMILES string of the molecule is Cc1nnc(NC(=O)CN2CCCCCC2=O)s1. The first kappa shape index (κ1) is 12.9. The maximum Gasteiger partial charge on any atom is 0.245 e. The lowest BCUT2D eigenvalue weighted by Gasteiger charge is -2.19. The van der Waals surface area contributed by atoms with E-state index in [2.05, 4.69) is 15.5 Å². The van der Waals surface area contributed by atoms with E-state index in [1.165, 1.54) is 11.3 Å². The summed E-state index contributed by atoms with van der Waals surface area (Å²) in [5, 5.41) is 11.6. The molecule has 0 unspecified atom stereocenters. The molecule has 0 spiro atoms. The quantitative estimate of drug-likeness (QED) is 0.893. The number of likely N-dealkylation sites (tertiary alicyclic amines) is 1. The van der Waals surface area contributed by atoms with E-state index in [1.807, 2.05) is 6.92 Å². The molecule has 7 heteroatoms. The smallest absolute Gasteiger partial charge is 0.245 e. The van der Waals surface area contributed by atoms with Crippen molar-refractivity contribution in [2.75, 3.05) is 18.4 Å². The number of nitrogens with zero attached hydrogens (tertiary/aromatic N) is 3. The summed E-state index contributed by atoms with van der Waals surface area (Å²) in [4.78, 5) is 25.1. The molecule has 1 aromatic rings. The van der Waals surface area contributed by atoms with Crippen LogP contribution in [0.2, 0.25) is 0 Å². The maximum absolute atomic E-state index is 11.8. The molecule has 2 rings (SSSR count). The van der Waals surface area contributed by atoms with Crippen LogP contribution < -0.4 is 5.32 Å². The van der Waals surface area contributed by atoms with E-state index in [1.54, 1.807) is 4.90 Å². The van der Waals surface area contributed by atoms with Gasteiger partial charge in [-0.3, -0.25) is 14.9 Å². The van der Waals surface area contributed by atoms with Gasteiger partial charge in [-0.05, 0) is 19.8 Å². The Kier molecular flexibility index (Phi) is 4.24. The first-order valence-electron chi connectivity index (χ1n) is 6.03. The van der Waals surface area contributed by atoms with Gasteiger partial charge >= 0.3 is 0 Å². The molecule has 1 aliphatic rings. The van der Waals surface area contributed by atoms with Crippen LogP contribution in [0.3, 0.4) is 0 Å². The largest absolute Gasteiger partial charge is 0.333 e. The zero-order valence-corrected chi connectivity index (χ0v) is 11.1. The molecule has 1 aromatic heterocycles. The van der Waals surface area contributed by atoms with Gasteiger partial charge in [0, 0.05) is 13.0 Å². The summed E-state index contributed by atoms with van der Waals surface area (Å²) >= 11 is 1.33. The van der Waals surface area contributed by atoms with Crippen molar-refractivity contribution in [1.29, 1.82) is 0 Å². The molecule has 0 aliphatic carbocycles. The molecular weight excluding hydrogens is 252 g/mol. The van der Waals surface area contributed by atoms with Gasteiger partial charge in [0.05, 0.1) is 6.54 Å². The molecule has 2 amide bonds. The Labute approximate surface area is 109 Å². The minimum Gasteiger partial charge on any atom is -0.333 e. The Bertz CT molecular complexity index is 446. The first-order chi connectivity index (χ1) is 8.65. The third-order valence-corrected chi connectivity index (χ3v) is 3.53. The fourth-order valence-electron chi connectivity index (χ4n) is 1.88. The summed E-state index contributed by atoms with van der Waals surface area (Å²) in [6.07, 6.45) is 3.49. The number of amides is 2. The highest BCUT2D eigenvalue weighted by molar-refractivity contribution is 7.15. The zero-order valence-electron chi connectivity index (χ0n) is 10.3. The molecule has 0 radical (unpaired) electrons. The molecule has 18 heavy (non-hydrogen) atoms. The van der Waals surface area contributed by atoms with Crippen molar-refractivity contribution in [2.45, 2.75) is 32.6 Å². The summed E-state index contributed by atoms with van der Waals surface area (Å²) in [5.41, 5.74) is 0. The normalized spacial score (nSPS) is 16.5. The van der Waals surface area contributed by atoms with Crippen LogP contribution in [0.15, 0.2) is 0 Å². The summed E-state index contributed by atoms with van der Waals surface area (Å²) in [6, 6.07) is 0. The van der Waals surface area contributed by atoms with Gasteiger partial charge in [-0.2, -0.15) is 0 Å². The third kappa shape index (κ3) is 3.49. The summed E-state index contributed by atoms with van der Waals surface area (Å²) in [6.45, 7) is 2.60. The molecule has 1 saturated heterocycles. The number of rotatable bonds is 3. The van der Waals surface area contributed by atoms with E-state index in [-0.39, 0.29) is 18.4 Å². The fourth-order valence-corrected chi connectivity index (χ4v) is 2.49. The van der Waals surface area contributed by atoms with E-state index < -0.39 is 0 Å². The Hall–Kier alpha value is -1.50. The van der Waals surface area contributed by atoms with Crippen LogP contribution in [0, 0.1) is 6.92 Å². The van der Waals surface area contributed by atoms with Gasteiger partial charge in [0.15, 0.2) is 0 Å². The van der Waals surface area contributed by atoms with Crippen LogP contribution >= 0.6 is 11.3 Å². The molecule has 0 saturated carbocycles. The highest BCUT2D eigenvalue weighted by Crippen LogP contribution is 2.14. The standard InChI is InChI=1S/C11H16N4O2S/c1-8-13-14-11(18-8)12-9(16)7-15-6-4-2-3-5-10(15)17/h2-7H2,1H3,(H,12,14,16). The molecule has 1 aliphatic heterocycles. The van der Waals surface area contributed by atoms with E-state index in [4.69, 9.17) is 0 Å². The zero-order chi connectivity index (χ0) is 13.0. The summed E-state index contributed by atoms with van der Waals surface area (Å²) in [7, 11) is 0. The highest BCUT2D eigenvalue weighted by Gasteiger charge is 2.19. The van der Waals surface area contributed by atoms with Crippen molar-refractivity contribution >= 4 is 28.3 Å². The van der Waals surface area contributed by atoms with Gasteiger partial charge in [-0.25, -0.2) is 0 Å². The average molecular weight is 268 g/mol. The maximum atomic E-state index is 11.8. The summed E-state index contributed by atoms with van der Waals surface area (Å²) in [5.74, 6) is -0.141. The second-order valence-electron chi connectivity index (χ2n) is 4.30. The Morgan fingerprint density at radius 1 is 1.39 bits per heavy atom. The number of hydrogen-bond acceptors (Lipinski definition) is 5. The van der Waals surface area contributed by atoms with Crippen LogP contribution in [-0.4, -0.2) is 40.0 Å². The van der Waals surface area contributed by atoms with Gasteiger partial charge in [0.2, 0.25) is 16.9 Å². The number of anilines is 1. The van der Waals surface area contributed by atoms with Gasteiger partial charge in [0.1, 0.15) is 5.01 Å². The Morgan fingerprint density at radius 3 is 2.94 bits per heavy atom. The molecule has 2 heterocycles. The van der Waals surface area contributed by atoms with Crippen molar-refractivity contribution < 1.29 is 9.59 Å². The number of carbonyl (C=O) groups excluding carboxylic acids is 2. The second kappa shape index (κ2) is 5.90. The van der Waals surface area contributed by atoms with Crippen molar-refractivity contribution in [1.82, 2.24) is 15.1 Å². The summed E-state index contributed by atoms with van der Waals surface area (Å²) < 4.78 is 0. The average Bonchev–Trinajstić information content (AvgIpc) is 2.61. The number of hydrogen-bond donors (Lipinski definition) is 1. The van der Waals surface area contributed by atoms with Gasteiger partial charge in [-0.1, -0.05) is 17.8 Å². The minimum atomic E-state index is -0.207. The Balaban J connectivity index is 1.88. The van der Waals surface area contributed by atoms with Crippen molar-refractivity contribution in [3.05, 3.63) is 5.01 Å². The highest BCUT2D eigenvalue weighted by atomic mass is 32.1. The van der Waals surface area contributed by atoms with E-state index >= 15 is 0 Å². The molecule has 1 fully saturated rings. The molecule has 98 valence electrons. The molecule has 0 aromatic carbocycles. The molecule has 6 nitrogen and oxygen atoms in total. The van der Waals surface area contributed by atoms with Crippen LogP contribution in [0.4, 0.5) is 5.13 Å². The van der Waals surface area contributed by atoms with E-state index in [0.717, 1.165) is 24.3 Å². The van der Waals surface area contributed by atoms with Gasteiger partial charge < -0.3 is 4.90 Å². The van der Waals surface area contributed by atoms with Crippen LogP contribution in [0.25, 0.3) is 0 Å². The van der Waals surface area contributed by atoms with E-state index in [9.17, 15) is 9.59 Å². The fraction of sp³-hybridized carbons (Fsp3) is 0.636. The lowest BCUT2D eigenvalue weighted by molar-refractivity contribution is -0.134. The molecule has 1 N–H and O–H groups in total. The predicted molar refractivity (Wildman–Crippen MR) is 68.3 cm³/mol. The molecule has 0 atom stereocenters. The number of nitrogens with one attached hydrogen (secondary N) is 1. The number of aryl methyl sites for hydroxylation is 1. The second-order valence-corrected chi connectivity index (χ2v) is 5.48. The molecular formula is C11H16N4O2S. The van der Waals surface area contributed by atoms with Crippen molar-refractivity contribution in [3.63, 3.8) is 0 Å². The van der Waals surface area contributed by atoms with Crippen LogP contribution in [0.1, 0.15) is 30.7 Å². The van der Waals surface area contributed by atoms with Crippen LogP contribution in [-0.2, 0) is 9.59 Å². The van der Waals surface area contributed by atoms with Crippen molar-refractivity contribution in [2.24, 2.45) is 0 Å². The topological polar surface area (TPSA) is 75.2 Å². The molecule has 0 bridgehead atoms. The van der Waals surface area contributed by atoms with Crippen LogP contribution in [0.5, 0.6) is 0 Å². The lowest BCUT2D eigenvalue weighted by atomic mass is 10.2. The number of carbonyl (C=O) groups is 2.